The van der Waals surface area contributed by atoms with Gasteiger partial charge in [-0.1, -0.05) is 0 Å². The number of esters is 1. The highest BCUT2D eigenvalue weighted by molar-refractivity contribution is 7.89. The van der Waals surface area contributed by atoms with Crippen molar-refractivity contribution in [3.63, 3.8) is 0 Å². The first-order valence-electron chi connectivity index (χ1n) is 6.02. The Morgan fingerprint density at radius 1 is 1.50 bits per heavy atom. The van der Waals surface area contributed by atoms with Crippen LogP contribution in [-0.4, -0.2) is 50.1 Å². The third kappa shape index (κ3) is 2.62. The Hall–Kier alpha value is -1.64. The van der Waals surface area contributed by atoms with Gasteiger partial charge in [0, 0.05) is 13.1 Å². The van der Waals surface area contributed by atoms with E-state index in [4.69, 9.17) is 5.73 Å². The number of nitrogen functional groups attached to an aromatic ring is 1. The van der Waals surface area contributed by atoms with E-state index in [0.29, 0.717) is 6.42 Å². The lowest BCUT2D eigenvalue weighted by Crippen LogP contribution is -2.30. The number of ether oxygens (including phenoxy) is 1. The molecule has 2 rings (SSSR count). The van der Waals surface area contributed by atoms with Crippen molar-refractivity contribution in [3.8, 4) is 0 Å². The van der Waals surface area contributed by atoms with E-state index in [2.05, 4.69) is 4.74 Å². The minimum atomic E-state index is -3.76. The molecule has 1 aromatic carbocycles. The number of nitrogens with zero attached hydrogens (tertiary/aromatic N) is 1. The topological polar surface area (TPSA) is 110 Å². The van der Waals surface area contributed by atoms with Gasteiger partial charge >= 0.3 is 5.97 Å². The normalized spacial score (nSPS) is 20.0. The summed E-state index contributed by atoms with van der Waals surface area (Å²) in [6.07, 6.45) is -0.250. The van der Waals surface area contributed by atoms with Crippen molar-refractivity contribution < 1.29 is 23.1 Å². The summed E-state index contributed by atoms with van der Waals surface area (Å²) in [6, 6.07) is 3.90. The fourth-order valence-corrected chi connectivity index (χ4v) is 3.69. The highest BCUT2D eigenvalue weighted by atomic mass is 32.2. The number of carbonyl (C=O) groups is 1. The first-order chi connectivity index (χ1) is 9.36. The van der Waals surface area contributed by atoms with Crippen LogP contribution < -0.4 is 5.73 Å². The molecule has 0 spiro atoms. The minimum Gasteiger partial charge on any atom is -0.465 e. The fourth-order valence-electron chi connectivity index (χ4n) is 2.10. The number of benzene rings is 1. The predicted molar refractivity (Wildman–Crippen MR) is 71.6 cm³/mol. The second kappa shape index (κ2) is 5.39. The minimum absolute atomic E-state index is 0.0192. The van der Waals surface area contributed by atoms with E-state index in [-0.39, 0.29) is 29.2 Å². The van der Waals surface area contributed by atoms with Gasteiger partial charge in [0.2, 0.25) is 10.0 Å². The number of methoxy groups -OCH3 is 1. The van der Waals surface area contributed by atoms with E-state index >= 15 is 0 Å². The van der Waals surface area contributed by atoms with Gasteiger partial charge in [-0.2, -0.15) is 4.31 Å². The molecule has 0 radical (unpaired) electrons. The van der Waals surface area contributed by atoms with E-state index in [1.807, 2.05) is 0 Å². The molecule has 1 heterocycles. The maximum absolute atomic E-state index is 12.4. The molecule has 0 saturated carbocycles. The van der Waals surface area contributed by atoms with Gasteiger partial charge in [-0.05, 0) is 24.6 Å². The Kier molecular flexibility index (Phi) is 3.98. The van der Waals surface area contributed by atoms with Crippen LogP contribution in [0.3, 0.4) is 0 Å². The summed E-state index contributed by atoms with van der Waals surface area (Å²) >= 11 is 0. The Labute approximate surface area is 117 Å². The maximum atomic E-state index is 12.4. The lowest BCUT2D eigenvalue weighted by Gasteiger charge is -2.17. The molecule has 1 aliphatic heterocycles. The number of rotatable bonds is 3. The van der Waals surface area contributed by atoms with Crippen molar-refractivity contribution >= 4 is 21.7 Å². The van der Waals surface area contributed by atoms with Gasteiger partial charge in [0.1, 0.15) is 4.90 Å². The molecular formula is C12H16N2O5S. The van der Waals surface area contributed by atoms with Gasteiger partial charge in [0.25, 0.3) is 0 Å². The van der Waals surface area contributed by atoms with E-state index in [1.165, 1.54) is 29.6 Å². The van der Waals surface area contributed by atoms with Crippen LogP contribution in [0.5, 0.6) is 0 Å². The van der Waals surface area contributed by atoms with Crippen LogP contribution in [0.2, 0.25) is 0 Å². The molecule has 0 amide bonds. The number of nitrogens with two attached hydrogens (primary N) is 1. The molecule has 0 aliphatic carbocycles. The standard InChI is InChI=1S/C12H16N2O5S/c1-19-12(16)8-2-3-11(10(13)6-8)20(17,18)14-5-4-9(15)7-14/h2-3,6,9,15H,4-5,7,13H2,1H3/t9-/m1/s1. The Morgan fingerprint density at radius 2 is 2.20 bits per heavy atom. The fraction of sp³-hybridized carbons (Fsp3) is 0.417. The molecule has 0 bridgehead atoms. The van der Waals surface area contributed by atoms with E-state index in [9.17, 15) is 18.3 Å². The predicted octanol–water partition coefficient (Wildman–Crippen LogP) is -0.189. The molecule has 1 fully saturated rings. The summed E-state index contributed by atoms with van der Waals surface area (Å²) in [6.45, 7) is 0.308. The van der Waals surface area contributed by atoms with Gasteiger partial charge in [-0.3, -0.25) is 0 Å². The van der Waals surface area contributed by atoms with E-state index < -0.39 is 22.1 Å². The van der Waals surface area contributed by atoms with Crippen molar-refractivity contribution in [1.82, 2.24) is 4.31 Å². The van der Waals surface area contributed by atoms with Crippen LogP contribution in [0.25, 0.3) is 0 Å². The Morgan fingerprint density at radius 3 is 2.70 bits per heavy atom. The molecule has 0 aromatic heterocycles. The number of hydrogen-bond donors (Lipinski definition) is 2. The van der Waals surface area contributed by atoms with Crippen LogP contribution in [0.1, 0.15) is 16.8 Å². The maximum Gasteiger partial charge on any atom is 0.337 e. The average Bonchev–Trinajstić information content (AvgIpc) is 2.84. The van der Waals surface area contributed by atoms with Crippen molar-refractivity contribution in [2.75, 3.05) is 25.9 Å². The van der Waals surface area contributed by atoms with Gasteiger partial charge in [-0.25, -0.2) is 13.2 Å². The zero-order valence-corrected chi connectivity index (χ0v) is 11.8. The highest BCUT2D eigenvalue weighted by Crippen LogP contribution is 2.26. The van der Waals surface area contributed by atoms with Crippen molar-refractivity contribution in [1.29, 1.82) is 0 Å². The van der Waals surface area contributed by atoms with E-state index in [1.54, 1.807) is 0 Å². The van der Waals surface area contributed by atoms with Crippen LogP contribution in [0, 0.1) is 0 Å². The summed E-state index contributed by atoms with van der Waals surface area (Å²) in [5, 5.41) is 9.43. The molecule has 20 heavy (non-hydrogen) atoms. The summed E-state index contributed by atoms with van der Waals surface area (Å²) < 4.78 is 30.5. The van der Waals surface area contributed by atoms with Crippen molar-refractivity contribution in [2.45, 2.75) is 17.4 Å². The number of aliphatic hydroxyl groups excluding tert-OH is 1. The number of anilines is 1. The van der Waals surface area contributed by atoms with Crippen molar-refractivity contribution in [2.24, 2.45) is 0 Å². The van der Waals surface area contributed by atoms with Crippen molar-refractivity contribution in [3.05, 3.63) is 23.8 Å². The number of β-amino-alcohol motifs (C(OH)–C–C–N with tert-alkyl or cyclic N) is 1. The lowest BCUT2D eigenvalue weighted by atomic mass is 10.2. The SMILES string of the molecule is COC(=O)c1ccc(S(=O)(=O)N2CC[C@@H](O)C2)c(N)c1. The van der Waals surface area contributed by atoms with Gasteiger partial charge in [0.05, 0.1) is 24.5 Å². The van der Waals surface area contributed by atoms with E-state index in [0.717, 1.165) is 0 Å². The zero-order valence-electron chi connectivity index (χ0n) is 10.9. The smallest absolute Gasteiger partial charge is 0.337 e. The van der Waals surface area contributed by atoms with Crippen LogP contribution in [0.15, 0.2) is 23.1 Å². The Balaban J connectivity index is 2.35. The molecule has 110 valence electrons. The monoisotopic (exact) mass is 300 g/mol. The number of carbonyl (C=O) groups excluding carboxylic acids is 1. The van der Waals surface area contributed by atoms with Crippen LogP contribution >= 0.6 is 0 Å². The summed E-state index contributed by atoms with van der Waals surface area (Å²) in [4.78, 5) is 11.3. The number of aliphatic hydroxyl groups is 1. The third-order valence-electron chi connectivity index (χ3n) is 3.17. The molecule has 1 aliphatic rings. The molecular weight excluding hydrogens is 284 g/mol. The quantitative estimate of drug-likeness (QED) is 0.591. The van der Waals surface area contributed by atoms with Gasteiger partial charge < -0.3 is 15.6 Å². The summed E-state index contributed by atoms with van der Waals surface area (Å²) in [5.74, 6) is -0.586. The molecule has 3 N–H and O–H groups in total. The molecule has 1 saturated heterocycles. The molecule has 1 aromatic rings. The molecule has 7 nitrogen and oxygen atoms in total. The molecule has 8 heteroatoms. The molecule has 0 unspecified atom stereocenters. The number of hydrogen-bond acceptors (Lipinski definition) is 6. The first-order valence-corrected chi connectivity index (χ1v) is 7.46. The Bertz CT molecular complexity index is 629. The second-order valence-corrected chi connectivity index (χ2v) is 6.46. The highest BCUT2D eigenvalue weighted by Gasteiger charge is 2.32. The largest absolute Gasteiger partial charge is 0.465 e. The van der Waals surface area contributed by atoms with Gasteiger partial charge in [0.15, 0.2) is 0 Å². The number of sulfonamides is 1. The third-order valence-corrected chi connectivity index (χ3v) is 5.11. The first kappa shape index (κ1) is 14.8. The van der Waals surface area contributed by atoms with Crippen LogP contribution in [0.4, 0.5) is 5.69 Å². The second-order valence-electron chi connectivity index (χ2n) is 4.55. The lowest BCUT2D eigenvalue weighted by molar-refractivity contribution is 0.0600. The average molecular weight is 300 g/mol. The molecule has 1 atom stereocenters. The van der Waals surface area contributed by atoms with Gasteiger partial charge in [-0.15, -0.1) is 0 Å². The summed E-state index contributed by atoms with van der Waals surface area (Å²) in [5.41, 5.74) is 5.89. The van der Waals surface area contributed by atoms with Crippen LogP contribution in [-0.2, 0) is 14.8 Å². The zero-order chi connectivity index (χ0) is 14.9. The summed E-state index contributed by atoms with van der Waals surface area (Å²) in [7, 11) is -2.52.